The lowest BCUT2D eigenvalue weighted by Gasteiger charge is -2.32. The number of rotatable bonds is 5. The van der Waals surface area contributed by atoms with Gasteiger partial charge in [0.25, 0.3) is 0 Å². The van der Waals surface area contributed by atoms with Crippen LogP contribution < -0.4 is 4.74 Å². The molecule has 2 fully saturated rings. The Hall–Kier alpha value is -1.06. The first-order chi connectivity index (χ1) is 8.77. The largest absolute Gasteiger partial charge is 0.493 e. The van der Waals surface area contributed by atoms with Crippen LogP contribution in [0.15, 0.2) is 30.3 Å². The molecule has 2 unspecified atom stereocenters. The number of aliphatic hydroxyl groups excluding tert-OH is 1. The minimum atomic E-state index is -0.0474. The zero-order valence-electron chi connectivity index (χ0n) is 10.8. The summed E-state index contributed by atoms with van der Waals surface area (Å²) in [6.45, 7) is 5.35. The summed E-state index contributed by atoms with van der Waals surface area (Å²) in [5.41, 5.74) is 0. The lowest BCUT2D eigenvalue weighted by molar-refractivity contribution is -0.910. The van der Waals surface area contributed by atoms with Gasteiger partial charge in [-0.25, -0.2) is 0 Å². The first kappa shape index (κ1) is 12.0. The van der Waals surface area contributed by atoms with Crippen molar-refractivity contribution >= 4 is 0 Å². The molecule has 2 saturated heterocycles. The lowest BCUT2D eigenvalue weighted by atomic mass is 10.0. The van der Waals surface area contributed by atoms with Crippen molar-refractivity contribution in [2.24, 2.45) is 5.92 Å². The number of benzene rings is 1. The topological polar surface area (TPSA) is 29.5 Å². The van der Waals surface area contributed by atoms with E-state index >= 15 is 0 Å². The molecule has 0 radical (unpaired) electrons. The number of ether oxygens (including phenoxy) is 1. The Morgan fingerprint density at radius 2 is 2.06 bits per heavy atom. The first-order valence-electron chi connectivity index (χ1n) is 6.98. The van der Waals surface area contributed by atoms with Crippen LogP contribution in [-0.2, 0) is 0 Å². The number of hydrogen-bond donors (Lipinski definition) is 1. The summed E-state index contributed by atoms with van der Waals surface area (Å²) in [5.74, 6) is 1.53. The van der Waals surface area contributed by atoms with E-state index in [2.05, 4.69) is 0 Å². The zero-order chi connectivity index (χ0) is 12.4. The molecular formula is C15H22NO2+. The smallest absolute Gasteiger partial charge is 0.119 e. The van der Waals surface area contributed by atoms with Gasteiger partial charge in [-0.1, -0.05) is 18.2 Å². The maximum atomic E-state index is 9.87. The molecule has 18 heavy (non-hydrogen) atoms. The Morgan fingerprint density at radius 3 is 2.72 bits per heavy atom. The summed E-state index contributed by atoms with van der Waals surface area (Å²) < 4.78 is 6.85. The van der Waals surface area contributed by atoms with Crippen LogP contribution in [-0.4, -0.2) is 48.5 Å². The van der Waals surface area contributed by atoms with Gasteiger partial charge in [0, 0.05) is 18.8 Å². The molecule has 0 amide bonds. The average molecular weight is 248 g/mol. The highest BCUT2D eigenvalue weighted by Crippen LogP contribution is 2.35. The molecule has 3 heteroatoms. The fourth-order valence-corrected chi connectivity index (χ4v) is 3.55. The molecule has 0 spiro atoms. The van der Waals surface area contributed by atoms with Crippen LogP contribution in [0, 0.1) is 5.92 Å². The van der Waals surface area contributed by atoms with Crippen LogP contribution in [0.3, 0.4) is 0 Å². The molecule has 0 aromatic heterocycles. The van der Waals surface area contributed by atoms with Gasteiger partial charge in [0.1, 0.15) is 18.4 Å². The van der Waals surface area contributed by atoms with Gasteiger partial charge in [-0.2, -0.15) is 0 Å². The van der Waals surface area contributed by atoms with Crippen molar-refractivity contribution in [1.82, 2.24) is 0 Å². The summed E-state index contributed by atoms with van der Waals surface area (Å²) in [4.78, 5) is 0. The maximum Gasteiger partial charge on any atom is 0.119 e. The van der Waals surface area contributed by atoms with E-state index in [1.54, 1.807) is 0 Å². The predicted octanol–water partition coefficient (Wildman–Crippen LogP) is 1.67. The molecular weight excluding hydrogens is 226 g/mol. The van der Waals surface area contributed by atoms with Gasteiger partial charge in [0.05, 0.1) is 26.2 Å². The van der Waals surface area contributed by atoms with Gasteiger partial charge < -0.3 is 14.3 Å². The Kier molecular flexibility index (Phi) is 3.27. The highest BCUT2D eigenvalue weighted by Gasteiger charge is 2.49. The van der Waals surface area contributed by atoms with Gasteiger partial charge >= 0.3 is 0 Å². The van der Waals surface area contributed by atoms with E-state index in [0.29, 0.717) is 5.92 Å². The van der Waals surface area contributed by atoms with Crippen molar-refractivity contribution in [2.45, 2.75) is 18.9 Å². The molecule has 2 bridgehead atoms. The highest BCUT2D eigenvalue weighted by atomic mass is 16.5. The second kappa shape index (κ2) is 4.90. The highest BCUT2D eigenvalue weighted by molar-refractivity contribution is 5.20. The molecule has 1 aromatic carbocycles. The van der Waals surface area contributed by atoms with Crippen LogP contribution in [0.5, 0.6) is 5.75 Å². The summed E-state index contributed by atoms with van der Waals surface area (Å²) in [6.07, 6.45) is 2.24. The van der Waals surface area contributed by atoms with Crippen LogP contribution in [0.1, 0.15) is 12.8 Å². The normalized spacial score (nSPS) is 33.8. The molecule has 1 aromatic rings. The van der Waals surface area contributed by atoms with Gasteiger partial charge in [-0.05, 0) is 12.1 Å². The quantitative estimate of drug-likeness (QED) is 0.634. The second-order valence-electron chi connectivity index (χ2n) is 5.79. The Bertz CT molecular complexity index is 391. The van der Waals surface area contributed by atoms with Crippen LogP contribution in [0.25, 0.3) is 0 Å². The fraction of sp³-hybridized carbons (Fsp3) is 0.600. The third-order valence-electron chi connectivity index (χ3n) is 4.50. The van der Waals surface area contributed by atoms with Crippen molar-refractivity contribution < 1.29 is 14.3 Å². The molecule has 0 saturated carbocycles. The van der Waals surface area contributed by atoms with E-state index in [4.69, 9.17) is 4.74 Å². The van der Waals surface area contributed by atoms with Crippen molar-refractivity contribution in [1.29, 1.82) is 0 Å². The SMILES string of the molecule is O[C@H]1C[N+]2(CCCOc3ccccc3)CCC1C2. The standard InChI is InChI=1S/C15H22NO2/c17-15-12-16(9-7-13(15)11-16)8-4-10-18-14-5-2-1-3-6-14/h1-3,5-6,13,15,17H,4,7-12H2/q+1/t13?,15-,16?/m0/s1. The molecule has 98 valence electrons. The van der Waals surface area contributed by atoms with E-state index in [1.807, 2.05) is 30.3 Å². The number of fused-ring (bicyclic) bond motifs is 2. The molecule has 2 heterocycles. The Labute approximate surface area is 109 Å². The van der Waals surface area contributed by atoms with Crippen molar-refractivity contribution in [3.63, 3.8) is 0 Å². The van der Waals surface area contributed by atoms with Crippen LogP contribution >= 0.6 is 0 Å². The molecule has 3 rings (SSSR count). The molecule has 0 aliphatic carbocycles. The van der Waals surface area contributed by atoms with Crippen molar-refractivity contribution in [3.05, 3.63) is 30.3 Å². The summed E-state index contributed by atoms with van der Waals surface area (Å²) in [6, 6.07) is 10.00. The Balaban J connectivity index is 1.43. The van der Waals surface area contributed by atoms with E-state index in [-0.39, 0.29) is 6.10 Å². The molecule has 3 nitrogen and oxygen atoms in total. The molecule has 3 atom stereocenters. The summed E-state index contributed by atoms with van der Waals surface area (Å²) >= 11 is 0. The average Bonchev–Trinajstić information content (AvgIpc) is 2.93. The monoisotopic (exact) mass is 248 g/mol. The third kappa shape index (κ3) is 2.38. The number of hydrogen-bond acceptors (Lipinski definition) is 2. The second-order valence-corrected chi connectivity index (χ2v) is 5.79. The lowest BCUT2D eigenvalue weighted by Crippen LogP contribution is -2.47. The van der Waals surface area contributed by atoms with Crippen LogP contribution in [0.2, 0.25) is 0 Å². The first-order valence-corrected chi connectivity index (χ1v) is 6.98. The van der Waals surface area contributed by atoms with E-state index in [9.17, 15) is 5.11 Å². The van der Waals surface area contributed by atoms with Crippen LogP contribution in [0.4, 0.5) is 0 Å². The summed E-state index contributed by atoms with van der Waals surface area (Å²) in [7, 11) is 0. The zero-order valence-corrected chi connectivity index (χ0v) is 10.8. The van der Waals surface area contributed by atoms with E-state index in [0.717, 1.165) is 36.3 Å². The van der Waals surface area contributed by atoms with Gasteiger partial charge in [-0.15, -0.1) is 0 Å². The Morgan fingerprint density at radius 1 is 1.22 bits per heavy atom. The number of quaternary nitrogens is 1. The number of para-hydroxylation sites is 1. The number of nitrogens with zero attached hydrogens (tertiary/aromatic N) is 1. The van der Waals surface area contributed by atoms with E-state index < -0.39 is 0 Å². The van der Waals surface area contributed by atoms with Crippen molar-refractivity contribution in [3.8, 4) is 5.75 Å². The van der Waals surface area contributed by atoms with Gasteiger partial charge in [0.15, 0.2) is 0 Å². The fourth-order valence-electron chi connectivity index (χ4n) is 3.55. The molecule has 2 aliphatic rings. The molecule has 2 aliphatic heterocycles. The third-order valence-corrected chi connectivity index (χ3v) is 4.50. The summed E-state index contributed by atoms with van der Waals surface area (Å²) in [5, 5.41) is 9.87. The minimum absolute atomic E-state index is 0.0474. The predicted molar refractivity (Wildman–Crippen MR) is 70.4 cm³/mol. The van der Waals surface area contributed by atoms with Gasteiger partial charge in [0.2, 0.25) is 0 Å². The van der Waals surface area contributed by atoms with Gasteiger partial charge in [-0.3, -0.25) is 0 Å². The maximum absolute atomic E-state index is 9.87. The number of aliphatic hydroxyl groups is 1. The molecule has 1 N–H and O–H groups in total. The van der Waals surface area contributed by atoms with E-state index in [1.165, 1.54) is 19.5 Å². The number of piperidine rings is 1. The van der Waals surface area contributed by atoms with Crippen molar-refractivity contribution in [2.75, 3.05) is 32.8 Å². The minimum Gasteiger partial charge on any atom is -0.493 e.